The van der Waals surface area contributed by atoms with Gasteiger partial charge in [-0.05, 0) is 52.7 Å². The van der Waals surface area contributed by atoms with Gasteiger partial charge in [0.1, 0.15) is 17.9 Å². The fourth-order valence-corrected chi connectivity index (χ4v) is 2.55. The molecule has 7 nitrogen and oxygen atoms in total. The Kier molecular flexibility index (Phi) is 7.38. The maximum atomic E-state index is 12.0. The minimum atomic E-state index is -0.463. The van der Waals surface area contributed by atoms with Gasteiger partial charge in [0.25, 0.3) is 0 Å². The van der Waals surface area contributed by atoms with Crippen LogP contribution in [0, 0.1) is 0 Å². The second-order valence-electron chi connectivity index (χ2n) is 7.26. The molecule has 1 aliphatic heterocycles. The van der Waals surface area contributed by atoms with Gasteiger partial charge in [0.15, 0.2) is 0 Å². The minimum absolute atomic E-state index is 0.137. The van der Waals surface area contributed by atoms with Crippen LogP contribution in [0.2, 0.25) is 0 Å². The second kappa shape index (κ2) is 9.52. The van der Waals surface area contributed by atoms with Gasteiger partial charge in [-0.25, -0.2) is 4.79 Å². The summed E-state index contributed by atoms with van der Waals surface area (Å²) >= 11 is 0. The largest absolute Gasteiger partial charge is 0.444 e. The SMILES string of the molecule is CC(=NOCCOC1CCN(C(=O)OC(C)(C)C)CC1)c1ccccn1. The zero-order valence-corrected chi connectivity index (χ0v) is 16.1. The summed E-state index contributed by atoms with van der Waals surface area (Å²) in [5.41, 5.74) is 1.06. The number of oxime groups is 1. The Hall–Kier alpha value is -2.15. The summed E-state index contributed by atoms with van der Waals surface area (Å²) in [5.74, 6) is 0. The number of ether oxygens (including phenoxy) is 2. The molecule has 1 saturated heterocycles. The monoisotopic (exact) mass is 363 g/mol. The van der Waals surface area contributed by atoms with E-state index < -0.39 is 5.60 Å². The first kappa shape index (κ1) is 20.2. The zero-order chi connectivity index (χ0) is 19.0. The summed E-state index contributed by atoms with van der Waals surface area (Å²) in [5, 5.41) is 4.05. The average molecular weight is 363 g/mol. The van der Waals surface area contributed by atoms with Crippen molar-refractivity contribution in [3.63, 3.8) is 0 Å². The van der Waals surface area contributed by atoms with E-state index in [1.165, 1.54) is 0 Å². The molecule has 1 aromatic heterocycles. The minimum Gasteiger partial charge on any atom is -0.444 e. The molecule has 0 unspecified atom stereocenters. The van der Waals surface area contributed by atoms with Gasteiger partial charge in [0.05, 0.1) is 18.4 Å². The number of aromatic nitrogens is 1. The molecule has 0 N–H and O–H groups in total. The van der Waals surface area contributed by atoms with Gasteiger partial charge in [0, 0.05) is 19.3 Å². The number of rotatable bonds is 6. The fraction of sp³-hybridized carbons (Fsp3) is 0.632. The lowest BCUT2D eigenvalue weighted by molar-refractivity contribution is -0.0287. The maximum absolute atomic E-state index is 12.0. The third kappa shape index (κ3) is 7.00. The van der Waals surface area contributed by atoms with Crippen LogP contribution >= 0.6 is 0 Å². The molecule has 26 heavy (non-hydrogen) atoms. The summed E-state index contributed by atoms with van der Waals surface area (Å²) in [6, 6.07) is 5.66. The summed E-state index contributed by atoms with van der Waals surface area (Å²) in [6.45, 7) is 9.63. The van der Waals surface area contributed by atoms with Crippen LogP contribution in [0.4, 0.5) is 4.79 Å². The number of hydrogen-bond acceptors (Lipinski definition) is 6. The number of carbonyl (C=O) groups excluding carboxylic acids is 1. The molecule has 1 amide bonds. The van der Waals surface area contributed by atoms with E-state index in [9.17, 15) is 4.79 Å². The van der Waals surface area contributed by atoms with Crippen LogP contribution in [0.3, 0.4) is 0 Å². The first-order valence-corrected chi connectivity index (χ1v) is 9.02. The van der Waals surface area contributed by atoms with Crippen molar-refractivity contribution in [2.24, 2.45) is 5.16 Å². The van der Waals surface area contributed by atoms with Crippen molar-refractivity contribution in [3.8, 4) is 0 Å². The molecule has 0 spiro atoms. The molecular formula is C19H29N3O4. The summed E-state index contributed by atoms with van der Waals surface area (Å²) in [6.07, 6.45) is 3.21. The van der Waals surface area contributed by atoms with Crippen molar-refractivity contribution in [1.82, 2.24) is 9.88 Å². The van der Waals surface area contributed by atoms with Crippen LogP contribution < -0.4 is 0 Å². The number of carbonyl (C=O) groups is 1. The maximum Gasteiger partial charge on any atom is 0.410 e. The summed E-state index contributed by atoms with van der Waals surface area (Å²) < 4.78 is 11.2. The van der Waals surface area contributed by atoms with Gasteiger partial charge in [-0.1, -0.05) is 11.2 Å². The molecule has 144 valence electrons. The summed E-state index contributed by atoms with van der Waals surface area (Å²) in [7, 11) is 0. The number of likely N-dealkylation sites (tertiary alicyclic amines) is 1. The van der Waals surface area contributed by atoms with E-state index in [0.717, 1.165) is 24.2 Å². The Morgan fingerprint density at radius 1 is 1.27 bits per heavy atom. The molecule has 2 heterocycles. The Labute approximate surface area is 155 Å². The fourth-order valence-electron chi connectivity index (χ4n) is 2.55. The average Bonchev–Trinajstić information content (AvgIpc) is 2.61. The lowest BCUT2D eigenvalue weighted by Crippen LogP contribution is -2.43. The first-order valence-electron chi connectivity index (χ1n) is 9.02. The topological polar surface area (TPSA) is 73.2 Å². The molecule has 1 aliphatic rings. The number of pyridine rings is 1. The number of amides is 1. The molecular weight excluding hydrogens is 334 g/mol. The van der Waals surface area contributed by atoms with E-state index in [-0.39, 0.29) is 12.2 Å². The highest BCUT2D eigenvalue weighted by molar-refractivity contribution is 5.96. The van der Waals surface area contributed by atoms with Crippen molar-refractivity contribution in [1.29, 1.82) is 0 Å². The molecule has 1 aromatic rings. The second-order valence-corrected chi connectivity index (χ2v) is 7.26. The van der Waals surface area contributed by atoms with Crippen molar-refractivity contribution >= 4 is 11.8 Å². The molecule has 0 aliphatic carbocycles. The van der Waals surface area contributed by atoms with Crippen LogP contribution in [-0.2, 0) is 14.3 Å². The van der Waals surface area contributed by atoms with Gasteiger partial charge in [-0.3, -0.25) is 4.98 Å². The van der Waals surface area contributed by atoms with Crippen molar-refractivity contribution in [2.75, 3.05) is 26.3 Å². The van der Waals surface area contributed by atoms with Gasteiger partial charge >= 0.3 is 6.09 Å². The van der Waals surface area contributed by atoms with Crippen molar-refractivity contribution in [3.05, 3.63) is 30.1 Å². The van der Waals surface area contributed by atoms with E-state index in [0.29, 0.717) is 26.3 Å². The predicted molar refractivity (Wildman–Crippen MR) is 99.2 cm³/mol. The normalized spacial score (nSPS) is 16.5. The van der Waals surface area contributed by atoms with Gasteiger partial charge in [-0.15, -0.1) is 0 Å². The number of piperidine rings is 1. The molecule has 0 aromatic carbocycles. The van der Waals surface area contributed by atoms with Gasteiger partial charge in [-0.2, -0.15) is 0 Å². The predicted octanol–water partition coefficient (Wildman–Crippen LogP) is 3.24. The van der Waals surface area contributed by atoms with Crippen LogP contribution in [-0.4, -0.2) is 59.7 Å². The smallest absolute Gasteiger partial charge is 0.410 e. The van der Waals surface area contributed by atoms with Crippen molar-refractivity contribution < 1.29 is 19.1 Å². The standard InChI is InChI=1S/C19H29N3O4/c1-15(17-7-5-6-10-20-17)21-25-14-13-24-16-8-11-22(12-9-16)18(23)26-19(2,3)4/h5-7,10,16H,8-9,11-14H2,1-4H3. The quantitative estimate of drug-likeness (QED) is 0.441. The van der Waals surface area contributed by atoms with E-state index in [4.69, 9.17) is 14.3 Å². The van der Waals surface area contributed by atoms with Crippen LogP contribution in [0.5, 0.6) is 0 Å². The van der Waals surface area contributed by atoms with Crippen LogP contribution in [0.1, 0.15) is 46.2 Å². The molecule has 7 heteroatoms. The van der Waals surface area contributed by atoms with Crippen LogP contribution in [0.25, 0.3) is 0 Å². The zero-order valence-electron chi connectivity index (χ0n) is 16.1. The van der Waals surface area contributed by atoms with Gasteiger partial charge in [0.2, 0.25) is 0 Å². The van der Waals surface area contributed by atoms with Crippen LogP contribution in [0.15, 0.2) is 29.6 Å². The highest BCUT2D eigenvalue weighted by Crippen LogP contribution is 2.17. The van der Waals surface area contributed by atoms with E-state index in [1.807, 2.05) is 45.9 Å². The Morgan fingerprint density at radius 3 is 2.62 bits per heavy atom. The Balaban J connectivity index is 1.61. The molecule has 0 bridgehead atoms. The molecule has 1 fully saturated rings. The lowest BCUT2D eigenvalue weighted by Gasteiger charge is -2.33. The Morgan fingerprint density at radius 2 is 2.00 bits per heavy atom. The number of nitrogens with zero attached hydrogens (tertiary/aromatic N) is 3. The van der Waals surface area contributed by atoms with Crippen molar-refractivity contribution in [2.45, 2.75) is 52.2 Å². The Bertz CT molecular complexity index is 591. The molecule has 0 atom stereocenters. The van der Waals surface area contributed by atoms with E-state index in [1.54, 1.807) is 11.1 Å². The molecule has 0 saturated carbocycles. The van der Waals surface area contributed by atoms with E-state index >= 15 is 0 Å². The number of hydrogen-bond donors (Lipinski definition) is 0. The first-order chi connectivity index (χ1) is 12.3. The third-order valence-corrected chi connectivity index (χ3v) is 3.86. The highest BCUT2D eigenvalue weighted by atomic mass is 16.6. The summed E-state index contributed by atoms with van der Waals surface area (Å²) in [4.78, 5) is 23.3. The third-order valence-electron chi connectivity index (χ3n) is 3.86. The van der Waals surface area contributed by atoms with Gasteiger partial charge < -0.3 is 19.2 Å². The molecule has 0 radical (unpaired) electrons. The molecule has 2 rings (SSSR count). The van der Waals surface area contributed by atoms with E-state index in [2.05, 4.69) is 10.1 Å². The highest BCUT2D eigenvalue weighted by Gasteiger charge is 2.27. The lowest BCUT2D eigenvalue weighted by atomic mass is 10.1.